The molecule has 1 atom stereocenters. The molecule has 2 rings (SSSR count). The second-order valence-corrected chi connectivity index (χ2v) is 5.46. The number of rotatable bonds is 5. The second-order valence-electron chi connectivity index (χ2n) is 5.05. The molecule has 0 bridgehead atoms. The van der Waals surface area contributed by atoms with E-state index in [1.165, 1.54) is 4.90 Å². The number of halogens is 1. The van der Waals surface area contributed by atoms with Crippen molar-refractivity contribution in [3.05, 3.63) is 28.8 Å². The number of carboxylic acid groups (broad SMARTS) is 1. The largest absolute Gasteiger partial charge is 0.495 e. The third kappa shape index (κ3) is 3.67. The molecule has 5 nitrogen and oxygen atoms in total. The summed E-state index contributed by atoms with van der Waals surface area (Å²) in [6.45, 7) is 0.527. The number of carbonyl (C=O) groups excluding carboxylic acids is 1. The predicted molar refractivity (Wildman–Crippen MR) is 78.7 cm³/mol. The zero-order chi connectivity index (χ0) is 15.4. The van der Waals surface area contributed by atoms with Crippen LogP contribution in [0.3, 0.4) is 0 Å². The molecule has 1 N–H and O–H groups in total. The highest BCUT2D eigenvalue weighted by Gasteiger charge is 2.33. The normalized spacial score (nSPS) is 17.8. The molecule has 1 aliphatic heterocycles. The van der Waals surface area contributed by atoms with Crippen LogP contribution < -0.4 is 4.74 Å². The molecule has 0 spiro atoms. The van der Waals surface area contributed by atoms with Crippen LogP contribution in [-0.4, -0.2) is 41.6 Å². The fourth-order valence-corrected chi connectivity index (χ4v) is 2.86. The van der Waals surface area contributed by atoms with E-state index in [9.17, 15) is 9.59 Å². The smallest absolute Gasteiger partial charge is 0.326 e. The maximum Gasteiger partial charge on any atom is 0.326 e. The molecule has 21 heavy (non-hydrogen) atoms. The summed E-state index contributed by atoms with van der Waals surface area (Å²) >= 11 is 6.04. The van der Waals surface area contributed by atoms with Crippen LogP contribution >= 0.6 is 11.6 Å². The van der Waals surface area contributed by atoms with Crippen molar-refractivity contribution >= 4 is 23.5 Å². The highest BCUT2D eigenvalue weighted by molar-refractivity contribution is 6.32. The topological polar surface area (TPSA) is 66.8 Å². The van der Waals surface area contributed by atoms with Crippen LogP contribution in [0.5, 0.6) is 5.75 Å². The number of carboxylic acids is 1. The van der Waals surface area contributed by atoms with Gasteiger partial charge in [-0.25, -0.2) is 4.79 Å². The molecule has 1 aliphatic rings. The second kappa shape index (κ2) is 6.80. The lowest BCUT2D eigenvalue weighted by molar-refractivity contribution is -0.148. The van der Waals surface area contributed by atoms with Gasteiger partial charge in [0.25, 0.3) is 0 Å². The number of benzene rings is 1. The summed E-state index contributed by atoms with van der Waals surface area (Å²) < 4.78 is 5.07. The summed E-state index contributed by atoms with van der Waals surface area (Å²) in [5.74, 6) is -0.447. The number of amides is 1. The van der Waals surface area contributed by atoms with Crippen molar-refractivity contribution in [2.75, 3.05) is 13.7 Å². The van der Waals surface area contributed by atoms with Gasteiger partial charge in [0.2, 0.25) is 5.91 Å². The van der Waals surface area contributed by atoms with Gasteiger partial charge in [-0.15, -0.1) is 0 Å². The van der Waals surface area contributed by atoms with E-state index in [0.29, 0.717) is 30.2 Å². The first-order valence-electron chi connectivity index (χ1n) is 6.87. The maximum atomic E-state index is 12.1. The zero-order valence-electron chi connectivity index (χ0n) is 11.8. The van der Waals surface area contributed by atoms with Gasteiger partial charge in [0.15, 0.2) is 0 Å². The highest BCUT2D eigenvalue weighted by Crippen LogP contribution is 2.26. The van der Waals surface area contributed by atoms with Gasteiger partial charge >= 0.3 is 5.97 Å². The molecule has 1 heterocycles. The van der Waals surface area contributed by atoms with E-state index >= 15 is 0 Å². The number of aliphatic carboxylic acids is 1. The molecule has 6 heteroatoms. The average Bonchev–Trinajstić information content (AvgIpc) is 2.94. The number of methoxy groups -OCH3 is 1. The number of aryl methyl sites for hydroxylation is 1. The van der Waals surface area contributed by atoms with Gasteiger partial charge in [-0.3, -0.25) is 4.79 Å². The van der Waals surface area contributed by atoms with Gasteiger partial charge in [0, 0.05) is 13.0 Å². The monoisotopic (exact) mass is 311 g/mol. The molecule has 1 aromatic carbocycles. The van der Waals surface area contributed by atoms with Crippen molar-refractivity contribution in [3.8, 4) is 5.75 Å². The lowest BCUT2D eigenvalue weighted by Gasteiger charge is -2.21. The molecule has 0 radical (unpaired) electrons. The predicted octanol–water partition coefficient (Wildman–Crippen LogP) is 2.36. The van der Waals surface area contributed by atoms with E-state index in [2.05, 4.69) is 0 Å². The minimum absolute atomic E-state index is 0.119. The van der Waals surface area contributed by atoms with Crippen LogP contribution in [0.4, 0.5) is 0 Å². The Hall–Kier alpha value is -1.75. The molecule has 0 saturated carbocycles. The molecule has 1 aromatic rings. The number of ether oxygens (including phenoxy) is 1. The van der Waals surface area contributed by atoms with Crippen LogP contribution in [0.15, 0.2) is 18.2 Å². The Labute approximate surface area is 128 Å². The molecule has 1 amide bonds. The number of hydrogen-bond donors (Lipinski definition) is 1. The summed E-state index contributed by atoms with van der Waals surface area (Å²) in [7, 11) is 1.55. The van der Waals surface area contributed by atoms with Crippen molar-refractivity contribution in [2.45, 2.75) is 31.7 Å². The molecule has 114 valence electrons. The molecule has 1 unspecified atom stereocenters. The minimum atomic E-state index is -0.923. The van der Waals surface area contributed by atoms with Crippen LogP contribution in [0, 0.1) is 0 Å². The molecule has 1 fully saturated rings. The Balaban J connectivity index is 1.95. The Morgan fingerprint density at radius 1 is 1.48 bits per heavy atom. The lowest BCUT2D eigenvalue weighted by atomic mass is 10.1. The summed E-state index contributed by atoms with van der Waals surface area (Å²) in [5.41, 5.74) is 0.931. The highest BCUT2D eigenvalue weighted by atomic mass is 35.5. The van der Waals surface area contributed by atoms with E-state index in [1.807, 2.05) is 6.07 Å². The maximum absolute atomic E-state index is 12.1. The molecular weight excluding hydrogens is 294 g/mol. The summed E-state index contributed by atoms with van der Waals surface area (Å²) in [6.07, 6.45) is 2.10. The van der Waals surface area contributed by atoms with Crippen LogP contribution in [0.1, 0.15) is 24.8 Å². The first-order chi connectivity index (χ1) is 10.0. The summed E-state index contributed by atoms with van der Waals surface area (Å²) in [6, 6.07) is 4.72. The zero-order valence-corrected chi connectivity index (χ0v) is 12.6. The van der Waals surface area contributed by atoms with Gasteiger partial charge in [-0.1, -0.05) is 17.7 Å². The number of nitrogens with zero attached hydrogens (tertiary/aromatic N) is 1. The van der Waals surface area contributed by atoms with Crippen molar-refractivity contribution in [3.63, 3.8) is 0 Å². The third-order valence-electron chi connectivity index (χ3n) is 3.70. The molecular formula is C15H18ClNO4. The standard InChI is InChI=1S/C15H18ClNO4/c1-21-13-6-4-10(9-11(13)16)5-7-14(18)17-8-2-3-12(17)15(19)20/h4,6,9,12H,2-3,5,7-8H2,1H3,(H,19,20). The third-order valence-corrected chi connectivity index (χ3v) is 4.00. The van der Waals surface area contributed by atoms with E-state index < -0.39 is 12.0 Å². The van der Waals surface area contributed by atoms with E-state index in [-0.39, 0.29) is 12.3 Å². The fourth-order valence-electron chi connectivity index (χ4n) is 2.58. The van der Waals surface area contributed by atoms with Crippen molar-refractivity contribution < 1.29 is 19.4 Å². The number of hydrogen-bond acceptors (Lipinski definition) is 3. The number of carbonyl (C=O) groups is 2. The van der Waals surface area contributed by atoms with Crippen molar-refractivity contribution in [1.82, 2.24) is 4.90 Å². The van der Waals surface area contributed by atoms with E-state index in [0.717, 1.165) is 12.0 Å². The molecule has 1 saturated heterocycles. The van der Waals surface area contributed by atoms with E-state index in [1.54, 1.807) is 19.2 Å². The van der Waals surface area contributed by atoms with Crippen molar-refractivity contribution in [1.29, 1.82) is 0 Å². The lowest BCUT2D eigenvalue weighted by Crippen LogP contribution is -2.40. The number of likely N-dealkylation sites (tertiary alicyclic amines) is 1. The fraction of sp³-hybridized carbons (Fsp3) is 0.467. The Kier molecular flexibility index (Phi) is 5.07. The minimum Gasteiger partial charge on any atom is -0.495 e. The first kappa shape index (κ1) is 15.6. The van der Waals surface area contributed by atoms with Crippen LogP contribution in [0.25, 0.3) is 0 Å². The quantitative estimate of drug-likeness (QED) is 0.906. The molecule has 0 aromatic heterocycles. The van der Waals surface area contributed by atoms with Gasteiger partial charge in [0.1, 0.15) is 11.8 Å². The summed E-state index contributed by atoms with van der Waals surface area (Å²) in [4.78, 5) is 24.7. The molecule has 0 aliphatic carbocycles. The summed E-state index contributed by atoms with van der Waals surface area (Å²) in [5, 5.41) is 9.59. The van der Waals surface area contributed by atoms with Crippen LogP contribution in [-0.2, 0) is 16.0 Å². The van der Waals surface area contributed by atoms with Crippen LogP contribution in [0.2, 0.25) is 5.02 Å². The Bertz CT molecular complexity index is 546. The van der Waals surface area contributed by atoms with Gasteiger partial charge in [-0.2, -0.15) is 0 Å². The average molecular weight is 312 g/mol. The van der Waals surface area contributed by atoms with Gasteiger partial charge < -0.3 is 14.7 Å². The van der Waals surface area contributed by atoms with Gasteiger partial charge in [0.05, 0.1) is 12.1 Å². The van der Waals surface area contributed by atoms with E-state index in [4.69, 9.17) is 21.4 Å². The van der Waals surface area contributed by atoms with Crippen molar-refractivity contribution in [2.24, 2.45) is 0 Å². The Morgan fingerprint density at radius 3 is 2.86 bits per heavy atom. The Morgan fingerprint density at radius 2 is 2.24 bits per heavy atom. The SMILES string of the molecule is COc1ccc(CCC(=O)N2CCCC2C(=O)O)cc1Cl. The van der Waals surface area contributed by atoms with Gasteiger partial charge in [-0.05, 0) is 37.0 Å². The first-order valence-corrected chi connectivity index (χ1v) is 7.25.